The largest absolute Gasteiger partial charge is 0.465 e. The first-order valence-corrected chi connectivity index (χ1v) is 4.68. The van der Waals surface area contributed by atoms with E-state index in [2.05, 4.69) is 0 Å². The summed E-state index contributed by atoms with van der Waals surface area (Å²) in [6.07, 6.45) is 0. The smallest absolute Gasteiger partial charge is 0.314 e. The second-order valence-corrected chi connectivity index (χ2v) is 4.05. The van der Waals surface area contributed by atoms with Gasteiger partial charge in [-0.15, -0.1) is 0 Å². The zero-order chi connectivity index (χ0) is 11.4. The van der Waals surface area contributed by atoms with Crippen LogP contribution in [0.15, 0.2) is 0 Å². The van der Waals surface area contributed by atoms with Crippen molar-refractivity contribution in [2.24, 2.45) is 5.41 Å². The van der Waals surface area contributed by atoms with Gasteiger partial charge in [-0.2, -0.15) is 0 Å². The van der Waals surface area contributed by atoms with Gasteiger partial charge in [-0.3, -0.25) is 4.79 Å². The Bertz CT molecular complexity index is 196. The number of carbonyl (C=O) groups excluding carboxylic acids is 1. The van der Waals surface area contributed by atoms with Gasteiger partial charge in [-0.05, 0) is 27.7 Å². The summed E-state index contributed by atoms with van der Waals surface area (Å²) in [5.41, 5.74) is -2.20. The topological polar surface area (TPSA) is 55.8 Å². The number of aliphatic hydroxyl groups is 1. The molecule has 14 heavy (non-hydrogen) atoms. The van der Waals surface area contributed by atoms with Crippen molar-refractivity contribution in [2.75, 3.05) is 20.3 Å². The van der Waals surface area contributed by atoms with Gasteiger partial charge in [0, 0.05) is 7.11 Å². The Balaban J connectivity index is 4.65. The molecule has 0 saturated carbocycles. The minimum absolute atomic E-state index is 0.0960. The van der Waals surface area contributed by atoms with Gasteiger partial charge < -0.3 is 14.6 Å². The summed E-state index contributed by atoms with van der Waals surface area (Å²) in [5.74, 6) is -0.415. The Morgan fingerprint density at radius 2 is 1.86 bits per heavy atom. The Kier molecular flexibility index (Phi) is 4.55. The maximum Gasteiger partial charge on any atom is 0.314 e. The average molecular weight is 204 g/mol. The molecule has 0 aliphatic carbocycles. The number of esters is 1. The van der Waals surface area contributed by atoms with E-state index in [4.69, 9.17) is 9.47 Å². The van der Waals surface area contributed by atoms with E-state index < -0.39 is 17.0 Å². The molecule has 0 aromatic rings. The molecule has 4 heteroatoms. The van der Waals surface area contributed by atoms with Crippen molar-refractivity contribution in [2.45, 2.75) is 33.3 Å². The highest BCUT2D eigenvalue weighted by atomic mass is 16.5. The molecule has 0 bridgehead atoms. The van der Waals surface area contributed by atoms with Crippen LogP contribution >= 0.6 is 0 Å². The van der Waals surface area contributed by atoms with Gasteiger partial charge in [0.05, 0.1) is 18.6 Å². The highest BCUT2D eigenvalue weighted by molar-refractivity contribution is 5.77. The van der Waals surface area contributed by atoms with Crippen LogP contribution in [0.1, 0.15) is 27.7 Å². The zero-order valence-electron chi connectivity index (χ0n) is 9.59. The second-order valence-electron chi connectivity index (χ2n) is 4.05. The van der Waals surface area contributed by atoms with Crippen molar-refractivity contribution in [3.63, 3.8) is 0 Å². The predicted molar refractivity (Wildman–Crippen MR) is 52.9 cm³/mol. The first-order valence-electron chi connectivity index (χ1n) is 4.68. The van der Waals surface area contributed by atoms with E-state index in [1.54, 1.807) is 27.7 Å². The molecule has 0 aromatic carbocycles. The minimum Gasteiger partial charge on any atom is -0.465 e. The van der Waals surface area contributed by atoms with E-state index in [0.717, 1.165) is 0 Å². The maximum absolute atomic E-state index is 11.5. The van der Waals surface area contributed by atoms with Gasteiger partial charge in [-0.25, -0.2) is 0 Å². The molecule has 4 nitrogen and oxygen atoms in total. The molecule has 0 aliphatic rings. The zero-order valence-corrected chi connectivity index (χ0v) is 9.59. The Morgan fingerprint density at radius 3 is 2.21 bits per heavy atom. The van der Waals surface area contributed by atoms with Crippen LogP contribution in [-0.2, 0) is 14.3 Å². The highest BCUT2D eigenvalue weighted by Crippen LogP contribution is 2.32. The van der Waals surface area contributed by atoms with E-state index >= 15 is 0 Å². The molecule has 1 atom stereocenters. The standard InChI is InChI=1S/C10H20O4/c1-6-14-8(11)9(2,3)10(4,12)7-13-5/h12H,6-7H2,1-5H3. The number of hydrogen-bond donors (Lipinski definition) is 1. The van der Waals surface area contributed by atoms with Crippen LogP contribution in [0.25, 0.3) is 0 Å². The lowest BCUT2D eigenvalue weighted by molar-refractivity contribution is -0.174. The fourth-order valence-corrected chi connectivity index (χ4v) is 0.993. The van der Waals surface area contributed by atoms with Gasteiger partial charge in [-0.1, -0.05) is 0 Å². The average Bonchev–Trinajstić information content (AvgIpc) is 2.04. The monoisotopic (exact) mass is 204 g/mol. The predicted octanol–water partition coefficient (Wildman–Crippen LogP) is 0.973. The molecule has 1 N–H and O–H groups in total. The van der Waals surface area contributed by atoms with Gasteiger partial charge in [0.1, 0.15) is 5.60 Å². The van der Waals surface area contributed by atoms with Crippen LogP contribution in [0.3, 0.4) is 0 Å². The molecule has 0 amide bonds. The summed E-state index contributed by atoms with van der Waals surface area (Å²) in [6.45, 7) is 6.99. The molecule has 0 aromatic heterocycles. The number of carbonyl (C=O) groups is 1. The Labute approximate surface area is 85.2 Å². The normalized spacial score (nSPS) is 16.1. The van der Waals surface area contributed by atoms with Gasteiger partial charge in [0.25, 0.3) is 0 Å². The van der Waals surface area contributed by atoms with Gasteiger partial charge >= 0.3 is 5.97 Å². The first-order chi connectivity index (χ1) is 6.29. The molecular formula is C10H20O4. The van der Waals surface area contributed by atoms with E-state index in [1.165, 1.54) is 7.11 Å². The van der Waals surface area contributed by atoms with Crippen LogP contribution in [0.5, 0.6) is 0 Å². The van der Waals surface area contributed by atoms with Crippen molar-refractivity contribution in [3.8, 4) is 0 Å². The molecule has 0 fully saturated rings. The molecule has 1 unspecified atom stereocenters. The third kappa shape index (κ3) is 2.69. The summed E-state index contributed by atoms with van der Waals surface area (Å²) in [6, 6.07) is 0. The van der Waals surface area contributed by atoms with Crippen molar-refractivity contribution in [1.82, 2.24) is 0 Å². The van der Waals surface area contributed by atoms with Gasteiger partial charge in [0.2, 0.25) is 0 Å². The lowest BCUT2D eigenvalue weighted by Gasteiger charge is -2.37. The second kappa shape index (κ2) is 4.75. The molecular weight excluding hydrogens is 184 g/mol. The Hall–Kier alpha value is -0.610. The van der Waals surface area contributed by atoms with E-state index in [9.17, 15) is 9.90 Å². The van der Waals surface area contributed by atoms with Crippen LogP contribution < -0.4 is 0 Å². The lowest BCUT2D eigenvalue weighted by atomic mass is 9.76. The van der Waals surface area contributed by atoms with Crippen LogP contribution in [-0.4, -0.2) is 37.0 Å². The summed E-state index contributed by atoms with van der Waals surface area (Å²) >= 11 is 0. The molecule has 0 rings (SSSR count). The van der Waals surface area contributed by atoms with Crippen LogP contribution in [0.2, 0.25) is 0 Å². The fourth-order valence-electron chi connectivity index (χ4n) is 0.993. The van der Waals surface area contributed by atoms with E-state index in [1.807, 2.05) is 0 Å². The minimum atomic E-state index is -1.23. The van der Waals surface area contributed by atoms with E-state index in [-0.39, 0.29) is 6.61 Å². The SMILES string of the molecule is CCOC(=O)C(C)(C)C(C)(O)COC. The maximum atomic E-state index is 11.5. The molecule has 0 radical (unpaired) electrons. The van der Waals surface area contributed by atoms with Crippen molar-refractivity contribution < 1.29 is 19.4 Å². The van der Waals surface area contributed by atoms with Crippen molar-refractivity contribution >= 4 is 5.97 Å². The summed E-state index contributed by atoms with van der Waals surface area (Å²) in [7, 11) is 1.48. The molecule has 0 heterocycles. The number of rotatable bonds is 5. The number of methoxy groups -OCH3 is 1. The van der Waals surface area contributed by atoms with Crippen LogP contribution in [0, 0.1) is 5.41 Å². The summed E-state index contributed by atoms with van der Waals surface area (Å²) in [5, 5.41) is 10.0. The highest BCUT2D eigenvalue weighted by Gasteiger charge is 2.46. The summed E-state index contributed by atoms with van der Waals surface area (Å²) in [4.78, 5) is 11.5. The number of hydrogen-bond acceptors (Lipinski definition) is 4. The van der Waals surface area contributed by atoms with Crippen LogP contribution in [0.4, 0.5) is 0 Å². The number of ether oxygens (including phenoxy) is 2. The van der Waals surface area contributed by atoms with Gasteiger partial charge in [0.15, 0.2) is 0 Å². The quantitative estimate of drug-likeness (QED) is 0.678. The molecule has 0 spiro atoms. The third-order valence-electron chi connectivity index (χ3n) is 2.56. The molecule has 0 aliphatic heterocycles. The van der Waals surface area contributed by atoms with E-state index in [0.29, 0.717) is 6.61 Å². The lowest BCUT2D eigenvalue weighted by Crippen LogP contribution is -2.51. The van der Waals surface area contributed by atoms with Crippen molar-refractivity contribution in [1.29, 1.82) is 0 Å². The van der Waals surface area contributed by atoms with Crippen molar-refractivity contribution in [3.05, 3.63) is 0 Å². The summed E-state index contributed by atoms with van der Waals surface area (Å²) < 4.78 is 9.75. The fraction of sp³-hybridized carbons (Fsp3) is 0.900. The Morgan fingerprint density at radius 1 is 1.36 bits per heavy atom. The molecule has 0 saturated heterocycles. The third-order valence-corrected chi connectivity index (χ3v) is 2.56. The molecule has 84 valence electrons. The first kappa shape index (κ1) is 13.4.